The van der Waals surface area contributed by atoms with Gasteiger partial charge in [-0.15, -0.1) is 0 Å². The Kier molecular flexibility index (Phi) is 5.51. The van der Waals surface area contributed by atoms with Crippen LogP contribution < -0.4 is 15.2 Å². The van der Waals surface area contributed by atoms with E-state index in [1.54, 1.807) is 31.1 Å². The van der Waals surface area contributed by atoms with Crippen molar-refractivity contribution < 1.29 is 19.0 Å². The van der Waals surface area contributed by atoms with Crippen molar-refractivity contribution in [3.05, 3.63) is 45.8 Å². The zero-order valence-corrected chi connectivity index (χ0v) is 16.8. The third kappa shape index (κ3) is 3.16. The number of aliphatic imine (C=N–C) groups is 1. The lowest BCUT2D eigenvalue weighted by Crippen LogP contribution is -2.38. The van der Waals surface area contributed by atoms with Gasteiger partial charge in [0, 0.05) is 0 Å². The molecular weight excluding hydrogens is 380 g/mol. The van der Waals surface area contributed by atoms with Crippen molar-refractivity contribution >= 4 is 22.9 Å². The van der Waals surface area contributed by atoms with Crippen molar-refractivity contribution in [1.82, 2.24) is 4.90 Å². The third-order valence-corrected chi connectivity index (χ3v) is 5.36. The number of nitrogens with two attached hydrogens (primary N) is 1. The standard InChI is InChI=1S/C19H20N4O4S/c1-5-27-13-8-11(6-7-12(13)25-3)16-15(18(24)26-4)10(2)22-19-23(16)17(21)14(9-20)28-19/h6-8,16H,5,21H2,1-4H3/t16-/m1/s1. The van der Waals surface area contributed by atoms with Gasteiger partial charge in [-0.3, -0.25) is 4.90 Å². The maximum absolute atomic E-state index is 12.6. The molecule has 2 aliphatic heterocycles. The number of benzene rings is 1. The van der Waals surface area contributed by atoms with Crippen LogP contribution in [0.3, 0.4) is 0 Å². The summed E-state index contributed by atoms with van der Waals surface area (Å²) in [5, 5.41) is 9.92. The summed E-state index contributed by atoms with van der Waals surface area (Å²) in [6.45, 7) is 4.06. The molecule has 0 aliphatic carbocycles. The van der Waals surface area contributed by atoms with Crippen molar-refractivity contribution in [1.29, 1.82) is 5.26 Å². The Morgan fingerprint density at radius 3 is 2.75 bits per heavy atom. The molecule has 0 saturated carbocycles. The lowest BCUT2D eigenvalue weighted by atomic mass is 9.94. The molecule has 2 N–H and O–H groups in total. The number of carbonyl (C=O) groups is 1. The van der Waals surface area contributed by atoms with Crippen LogP contribution in [0.25, 0.3) is 0 Å². The smallest absolute Gasteiger partial charge is 0.338 e. The first kappa shape index (κ1) is 19.6. The highest BCUT2D eigenvalue weighted by Crippen LogP contribution is 2.46. The van der Waals surface area contributed by atoms with E-state index in [0.717, 1.165) is 5.56 Å². The van der Waals surface area contributed by atoms with Gasteiger partial charge in [-0.25, -0.2) is 9.79 Å². The normalized spacial score (nSPS) is 18.5. The first-order valence-corrected chi connectivity index (χ1v) is 9.33. The summed E-state index contributed by atoms with van der Waals surface area (Å²) in [5.41, 5.74) is 7.82. The lowest BCUT2D eigenvalue weighted by molar-refractivity contribution is -0.136. The van der Waals surface area contributed by atoms with Crippen LogP contribution in [0.4, 0.5) is 0 Å². The van der Waals surface area contributed by atoms with Gasteiger partial charge in [-0.1, -0.05) is 6.07 Å². The molecule has 1 aromatic carbocycles. The largest absolute Gasteiger partial charge is 0.493 e. The molecule has 1 aromatic rings. The average molecular weight is 400 g/mol. The van der Waals surface area contributed by atoms with E-state index >= 15 is 0 Å². The SMILES string of the molecule is CCOc1cc([C@@H]2C(C(=O)OC)=C(C)N=C3SC(C#N)=C(N)N32)ccc1OC. The second-order valence-corrected chi connectivity index (χ2v) is 6.91. The molecule has 0 spiro atoms. The van der Waals surface area contributed by atoms with E-state index < -0.39 is 12.0 Å². The van der Waals surface area contributed by atoms with E-state index in [0.29, 0.717) is 39.4 Å². The highest BCUT2D eigenvalue weighted by atomic mass is 32.2. The Labute approximate surface area is 167 Å². The molecular formula is C19H20N4O4S. The molecule has 2 aliphatic rings. The molecule has 0 fully saturated rings. The lowest BCUT2D eigenvalue weighted by Gasteiger charge is -2.34. The summed E-state index contributed by atoms with van der Waals surface area (Å²) >= 11 is 1.18. The van der Waals surface area contributed by atoms with E-state index in [9.17, 15) is 10.1 Å². The number of esters is 1. The zero-order valence-electron chi connectivity index (χ0n) is 16.0. The topological polar surface area (TPSA) is 110 Å². The quantitative estimate of drug-likeness (QED) is 0.751. The molecule has 0 amide bonds. The summed E-state index contributed by atoms with van der Waals surface area (Å²) in [6, 6.07) is 6.87. The van der Waals surface area contributed by atoms with Crippen molar-refractivity contribution in [2.24, 2.45) is 10.7 Å². The average Bonchev–Trinajstić information content (AvgIpc) is 3.01. The predicted octanol–water partition coefficient (Wildman–Crippen LogP) is 2.65. The van der Waals surface area contributed by atoms with Crippen LogP contribution in [-0.4, -0.2) is 36.9 Å². The first-order chi connectivity index (χ1) is 13.5. The molecule has 146 valence electrons. The van der Waals surface area contributed by atoms with Gasteiger partial charge in [0.2, 0.25) is 0 Å². The summed E-state index contributed by atoms with van der Waals surface area (Å²) in [6.07, 6.45) is 0. The number of rotatable bonds is 5. The summed E-state index contributed by atoms with van der Waals surface area (Å²) in [5.74, 6) is 0.859. The van der Waals surface area contributed by atoms with Crippen molar-refractivity contribution in [2.45, 2.75) is 19.9 Å². The first-order valence-electron chi connectivity index (χ1n) is 8.52. The number of methoxy groups -OCH3 is 2. The van der Waals surface area contributed by atoms with Crippen LogP contribution in [0, 0.1) is 11.3 Å². The molecule has 9 heteroatoms. The Hall–Kier alpha value is -3.12. The number of nitriles is 1. The van der Waals surface area contributed by atoms with Gasteiger partial charge < -0.3 is 19.9 Å². The minimum absolute atomic E-state index is 0.249. The number of nitrogens with zero attached hydrogens (tertiary/aromatic N) is 3. The number of hydrogen-bond acceptors (Lipinski definition) is 9. The van der Waals surface area contributed by atoms with E-state index in [1.165, 1.54) is 18.9 Å². The van der Waals surface area contributed by atoms with Crippen molar-refractivity contribution in [3.8, 4) is 17.6 Å². The molecule has 3 rings (SSSR count). The number of ether oxygens (including phenoxy) is 3. The number of hydrogen-bond donors (Lipinski definition) is 1. The van der Waals surface area contributed by atoms with Gasteiger partial charge in [-0.2, -0.15) is 5.26 Å². The highest BCUT2D eigenvalue weighted by Gasteiger charge is 2.42. The summed E-state index contributed by atoms with van der Waals surface area (Å²) in [4.78, 5) is 19.1. The van der Waals surface area contributed by atoms with Crippen LogP contribution in [-0.2, 0) is 9.53 Å². The number of fused-ring (bicyclic) bond motifs is 1. The van der Waals surface area contributed by atoms with Crippen LogP contribution in [0.5, 0.6) is 11.5 Å². The minimum Gasteiger partial charge on any atom is -0.493 e. The van der Waals surface area contributed by atoms with Crippen LogP contribution in [0.2, 0.25) is 0 Å². The Morgan fingerprint density at radius 2 is 2.14 bits per heavy atom. The molecule has 0 unspecified atom stereocenters. The summed E-state index contributed by atoms with van der Waals surface area (Å²) in [7, 11) is 2.88. The van der Waals surface area contributed by atoms with E-state index in [1.807, 2.05) is 13.0 Å². The van der Waals surface area contributed by atoms with Crippen molar-refractivity contribution in [2.75, 3.05) is 20.8 Å². The molecule has 0 radical (unpaired) electrons. The number of carbonyl (C=O) groups excluding carboxylic acids is 1. The van der Waals surface area contributed by atoms with Crippen LogP contribution in [0.1, 0.15) is 25.5 Å². The predicted molar refractivity (Wildman–Crippen MR) is 105 cm³/mol. The second-order valence-electron chi connectivity index (χ2n) is 5.93. The zero-order chi connectivity index (χ0) is 20.4. The van der Waals surface area contributed by atoms with Gasteiger partial charge >= 0.3 is 5.97 Å². The minimum atomic E-state index is -0.608. The second kappa shape index (κ2) is 7.86. The Balaban J connectivity index is 2.21. The van der Waals surface area contributed by atoms with E-state index in [4.69, 9.17) is 19.9 Å². The maximum Gasteiger partial charge on any atom is 0.338 e. The van der Waals surface area contributed by atoms with E-state index in [2.05, 4.69) is 11.1 Å². The van der Waals surface area contributed by atoms with Gasteiger partial charge in [0.05, 0.1) is 38.1 Å². The highest BCUT2D eigenvalue weighted by molar-refractivity contribution is 8.17. The third-order valence-electron chi connectivity index (χ3n) is 4.39. The van der Waals surface area contributed by atoms with Crippen LogP contribution >= 0.6 is 11.8 Å². The fourth-order valence-corrected chi connectivity index (χ4v) is 4.07. The van der Waals surface area contributed by atoms with Gasteiger partial charge in [0.25, 0.3) is 0 Å². The molecule has 0 aromatic heterocycles. The van der Waals surface area contributed by atoms with Crippen molar-refractivity contribution in [3.63, 3.8) is 0 Å². The van der Waals surface area contributed by atoms with Gasteiger partial charge in [0.1, 0.15) is 16.8 Å². The molecule has 1 atom stereocenters. The maximum atomic E-state index is 12.6. The fourth-order valence-electron chi connectivity index (χ4n) is 3.16. The monoisotopic (exact) mass is 400 g/mol. The van der Waals surface area contributed by atoms with E-state index in [-0.39, 0.29) is 5.82 Å². The molecule has 0 saturated heterocycles. The molecule has 28 heavy (non-hydrogen) atoms. The van der Waals surface area contributed by atoms with Gasteiger partial charge in [-0.05, 0) is 43.3 Å². The molecule has 2 heterocycles. The number of allylic oxidation sites excluding steroid dienone is 2. The number of thioether (sulfide) groups is 1. The summed E-state index contributed by atoms with van der Waals surface area (Å²) < 4.78 is 16.0. The van der Waals surface area contributed by atoms with Gasteiger partial charge in [0.15, 0.2) is 16.7 Å². The Morgan fingerprint density at radius 1 is 1.39 bits per heavy atom. The molecule has 0 bridgehead atoms. The molecule has 8 nitrogen and oxygen atoms in total. The number of amidine groups is 1. The fraction of sp³-hybridized carbons (Fsp3) is 0.316. The Bertz CT molecular complexity index is 961. The van der Waals surface area contributed by atoms with Crippen LogP contribution in [0.15, 0.2) is 45.2 Å².